The summed E-state index contributed by atoms with van der Waals surface area (Å²) in [6, 6.07) is 0. The zero-order valence-electron chi connectivity index (χ0n) is 10.5. The number of carbonyl (C=O) groups excluding carboxylic acids is 1. The molecule has 2 rings (SSSR count). The van der Waals surface area contributed by atoms with E-state index in [0.717, 1.165) is 11.8 Å². The second-order valence-electron chi connectivity index (χ2n) is 5.80. The van der Waals surface area contributed by atoms with Gasteiger partial charge in [-0.1, -0.05) is 20.3 Å². The monoisotopic (exact) mass is 224 g/mol. The third-order valence-electron chi connectivity index (χ3n) is 5.02. The molecule has 2 fully saturated rings. The minimum absolute atomic E-state index is 0.0926. The van der Waals surface area contributed by atoms with Gasteiger partial charge in [0.15, 0.2) is 5.78 Å². The molecule has 2 aliphatic rings. The molecule has 0 spiro atoms. The van der Waals surface area contributed by atoms with Crippen molar-refractivity contribution in [2.75, 3.05) is 0 Å². The Morgan fingerprint density at radius 2 is 1.94 bits per heavy atom. The predicted molar refractivity (Wildman–Crippen MR) is 64.1 cm³/mol. The summed E-state index contributed by atoms with van der Waals surface area (Å²) in [5, 5.41) is 10.2. The van der Waals surface area contributed by atoms with Crippen LogP contribution in [-0.2, 0) is 4.79 Å². The summed E-state index contributed by atoms with van der Waals surface area (Å²) in [5.74, 6) is 2.34. The zero-order chi connectivity index (χ0) is 11.8. The van der Waals surface area contributed by atoms with E-state index in [9.17, 15) is 9.90 Å². The molecule has 0 aromatic heterocycles. The van der Waals surface area contributed by atoms with E-state index >= 15 is 0 Å². The summed E-state index contributed by atoms with van der Waals surface area (Å²) >= 11 is 0. The van der Waals surface area contributed by atoms with Crippen molar-refractivity contribution in [3.63, 3.8) is 0 Å². The highest BCUT2D eigenvalue weighted by molar-refractivity contribution is 5.87. The van der Waals surface area contributed by atoms with Gasteiger partial charge in [0, 0.05) is 6.42 Å². The summed E-state index contributed by atoms with van der Waals surface area (Å²) in [4.78, 5) is 12.1. The van der Waals surface area contributed by atoms with Crippen LogP contribution in [0.5, 0.6) is 0 Å². The Bertz CT molecular complexity index is 268. The number of carbonyl (C=O) groups is 1. The van der Waals surface area contributed by atoms with Crippen molar-refractivity contribution in [3.05, 3.63) is 0 Å². The molecule has 2 aliphatic carbocycles. The number of hydrogen-bond acceptors (Lipinski definition) is 2. The number of ketones is 1. The van der Waals surface area contributed by atoms with E-state index in [-0.39, 0.29) is 5.78 Å². The number of hydrogen-bond donors (Lipinski definition) is 1. The van der Waals surface area contributed by atoms with Gasteiger partial charge >= 0.3 is 0 Å². The quantitative estimate of drug-likeness (QED) is 0.779. The van der Waals surface area contributed by atoms with Crippen molar-refractivity contribution in [3.8, 4) is 0 Å². The highest BCUT2D eigenvalue weighted by Crippen LogP contribution is 2.50. The average molecular weight is 224 g/mol. The Balaban J connectivity index is 1.92. The predicted octanol–water partition coefficient (Wildman–Crippen LogP) is 2.93. The van der Waals surface area contributed by atoms with Crippen molar-refractivity contribution in [1.82, 2.24) is 0 Å². The Labute approximate surface area is 98.4 Å². The van der Waals surface area contributed by atoms with Crippen LogP contribution in [0.3, 0.4) is 0 Å². The molecule has 2 heteroatoms. The summed E-state index contributed by atoms with van der Waals surface area (Å²) in [5.41, 5.74) is -1.04. The number of rotatable bonds is 5. The summed E-state index contributed by atoms with van der Waals surface area (Å²) in [6.07, 6.45) is 7.01. The van der Waals surface area contributed by atoms with E-state index in [1.165, 1.54) is 25.7 Å². The fourth-order valence-electron chi connectivity index (χ4n) is 3.70. The average Bonchev–Trinajstić information content (AvgIpc) is 2.89. The molecule has 3 atom stereocenters. The smallest absolute Gasteiger partial charge is 0.164 e. The van der Waals surface area contributed by atoms with E-state index in [2.05, 4.69) is 0 Å². The van der Waals surface area contributed by atoms with Gasteiger partial charge in [0.1, 0.15) is 5.60 Å². The van der Waals surface area contributed by atoms with Crippen LogP contribution in [0.15, 0.2) is 0 Å². The summed E-state index contributed by atoms with van der Waals surface area (Å²) < 4.78 is 0. The van der Waals surface area contributed by atoms with Gasteiger partial charge in [-0.05, 0) is 49.9 Å². The number of Topliss-reactive ketones (excluding diaryl/α,β-unsaturated/α-hetero) is 1. The molecule has 0 aliphatic heterocycles. The van der Waals surface area contributed by atoms with Gasteiger partial charge in [-0.15, -0.1) is 0 Å². The maximum absolute atomic E-state index is 12.1. The van der Waals surface area contributed by atoms with Crippen LogP contribution >= 0.6 is 0 Å². The van der Waals surface area contributed by atoms with E-state index in [1.807, 2.05) is 13.8 Å². The van der Waals surface area contributed by atoms with Crippen molar-refractivity contribution < 1.29 is 9.90 Å². The normalized spacial score (nSPS) is 33.3. The fourth-order valence-corrected chi connectivity index (χ4v) is 3.70. The molecule has 2 nitrogen and oxygen atoms in total. The minimum atomic E-state index is -1.04. The second-order valence-corrected chi connectivity index (χ2v) is 5.80. The molecule has 0 amide bonds. The van der Waals surface area contributed by atoms with Crippen LogP contribution in [0.1, 0.15) is 58.8 Å². The first-order chi connectivity index (χ1) is 7.59. The third-order valence-corrected chi connectivity index (χ3v) is 5.02. The third kappa shape index (κ3) is 2.04. The molecular formula is C14H24O2. The number of aliphatic hydroxyl groups is 1. The molecule has 0 aromatic rings. The van der Waals surface area contributed by atoms with Crippen LogP contribution in [0.4, 0.5) is 0 Å². The Hall–Kier alpha value is -0.370. The van der Waals surface area contributed by atoms with Crippen molar-refractivity contribution in [2.45, 2.75) is 64.4 Å². The van der Waals surface area contributed by atoms with Gasteiger partial charge in [0.2, 0.25) is 0 Å². The van der Waals surface area contributed by atoms with Crippen LogP contribution in [-0.4, -0.2) is 16.5 Å². The Morgan fingerprint density at radius 3 is 2.38 bits per heavy atom. The fraction of sp³-hybridized carbons (Fsp3) is 0.929. The minimum Gasteiger partial charge on any atom is -0.382 e. The van der Waals surface area contributed by atoms with Crippen LogP contribution in [0.2, 0.25) is 0 Å². The maximum Gasteiger partial charge on any atom is 0.164 e. The van der Waals surface area contributed by atoms with Gasteiger partial charge in [-0.3, -0.25) is 4.79 Å². The molecule has 92 valence electrons. The molecule has 0 aromatic carbocycles. The van der Waals surface area contributed by atoms with Crippen LogP contribution < -0.4 is 0 Å². The Kier molecular flexibility index (Phi) is 3.39. The van der Waals surface area contributed by atoms with Gasteiger partial charge in [-0.25, -0.2) is 0 Å². The van der Waals surface area contributed by atoms with Gasteiger partial charge in [-0.2, -0.15) is 0 Å². The second kappa shape index (κ2) is 4.48. The van der Waals surface area contributed by atoms with Crippen LogP contribution in [0, 0.1) is 17.8 Å². The lowest BCUT2D eigenvalue weighted by molar-refractivity contribution is -0.139. The van der Waals surface area contributed by atoms with Gasteiger partial charge in [0.25, 0.3) is 0 Å². The molecular weight excluding hydrogens is 200 g/mol. The standard InChI is InChI=1S/C14H24O2/c1-3-14(16,4-2)13(15)9-12-8-10-5-6-11(12)7-10/h10-12,16H,3-9H2,1-2H3. The van der Waals surface area contributed by atoms with E-state index < -0.39 is 5.60 Å². The summed E-state index contributed by atoms with van der Waals surface area (Å²) in [7, 11) is 0. The SMILES string of the molecule is CCC(O)(CC)C(=O)CC1CC2CCC1C2. The van der Waals surface area contributed by atoms with Crippen molar-refractivity contribution in [1.29, 1.82) is 0 Å². The van der Waals surface area contributed by atoms with E-state index in [1.54, 1.807) is 0 Å². The lowest BCUT2D eigenvalue weighted by atomic mass is 9.80. The van der Waals surface area contributed by atoms with Gasteiger partial charge < -0.3 is 5.11 Å². The molecule has 3 unspecified atom stereocenters. The molecule has 2 bridgehead atoms. The lowest BCUT2D eigenvalue weighted by Crippen LogP contribution is -2.38. The highest BCUT2D eigenvalue weighted by Gasteiger charge is 2.42. The molecule has 2 saturated carbocycles. The zero-order valence-corrected chi connectivity index (χ0v) is 10.5. The maximum atomic E-state index is 12.1. The van der Waals surface area contributed by atoms with Gasteiger partial charge in [0.05, 0.1) is 0 Å². The topological polar surface area (TPSA) is 37.3 Å². The molecule has 0 saturated heterocycles. The van der Waals surface area contributed by atoms with E-state index in [0.29, 0.717) is 25.2 Å². The first-order valence-corrected chi connectivity index (χ1v) is 6.84. The first-order valence-electron chi connectivity index (χ1n) is 6.84. The largest absolute Gasteiger partial charge is 0.382 e. The molecule has 0 heterocycles. The molecule has 0 radical (unpaired) electrons. The lowest BCUT2D eigenvalue weighted by Gasteiger charge is -2.28. The molecule has 16 heavy (non-hydrogen) atoms. The first kappa shape index (κ1) is 12.1. The summed E-state index contributed by atoms with van der Waals surface area (Å²) in [6.45, 7) is 3.81. The van der Waals surface area contributed by atoms with Crippen LogP contribution in [0.25, 0.3) is 0 Å². The van der Waals surface area contributed by atoms with E-state index in [4.69, 9.17) is 0 Å². The number of fused-ring (bicyclic) bond motifs is 2. The highest BCUT2D eigenvalue weighted by atomic mass is 16.3. The van der Waals surface area contributed by atoms with Crippen molar-refractivity contribution >= 4 is 5.78 Å². The Morgan fingerprint density at radius 1 is 1.25 bits per heavy atom. The molecule has 1 N–H and O–H groups in total. The van der Waals surface area contributed by atoms with Crippen molar-refractivity contribution in [2.24, 2.45) is 17.8 Å².